The van der Waals surface area contributed by atoms with Gasteiger partial charge in [-0.3, -0.25) is 0 Å². The molecule has 0 aliphatic heterocycles. The Morgan fingerprint density at radius 2 is 1.76 bits per heavy atom. The molecule has 4 fully saturated rings. The topological polar surface area (TPSA) is 77.8 Å². The lowest BCUT2D eigenvalue weighted by Crippen LogP contribution is -2.62. The molecule has 0 aromatic heterocycles. The number of hydrogen-bond acceptors (Lipinski definition) is 3. The number of hydrogen-bond donors (Lipinski definition) is 3. The second kappa shape index (κ2) is 10.5. The fourth-order valence-electron chi connectivity index (χ4n) is 10.7. The van der Waals surface area contributed by atoms with E-state index in [1.165, 1.54) is 31.7 Å². The Hall–Kier alpha value is -1.46. The third kappa shape index (κ3) is 4.54. The maximum absolute atomic E-state index is 13.6. The highest BCUT2D eigenvalue weighted by Gasteiger charge is 2.64. The first-order valence-electron chi connectivity index (χ1n) is 15.4. The van der Waals surface area contributed by atoms with Gasteiger partial charge in [0.15, 0.2) is 0 Å². The molecular formula is C33H49FO4. The minimum atomic E-state index is -1.06. The van der Waals surface area contributed by atoms with Gasteiger partial charge < -0.3 is 15.3 Å². The molecule has 4 nitrogen and oxygen atoms in total. The average Bonchev–Trinajstić information content (AvgIpc) is 3.23. The average molecular weight is 529 g/mol. The van der Waals surface area contributed by atoms with E-state index in [-0.39, 0.29) is 34.5 Å². The first-order chi connectivity index (χ1) is 18.0. The summed E-state index contributed by atoms with van der Waals surface area (Å²) in [5.74, 6) is 1.78. The lowest BCUT2D eigenvalue weighted by molar-refractivity contribution is -0.203. The van der Waals surface area contributed by atoms with Crippen molar-refractivity contribution in [3.05, 3.63) is 35.1 Å². The van der Waals surface area contributed by atoms with Gasteiger partial charge in [-0.15, -0.1) is 0 Å². The number of carbonyl (C=O) groups is 1. The van der Waals surface area contributed by atoms with E-state index in [0.29, 0.717) is 41.9 Å². The van der Waals surface area contributed by atoms with Crippen molar-refractivity contribution in [3.63, 3.8) is 0 Å². The van der Waals surface area contributed by atoms with E-state index in [4.69, 9.17) is 0 Å². The molecule has 38 heavy (non-hydrogen) atoms. The number of carboxylic acids is 1. The first-order valence-corrected chi connectivity index (χ1v) is 15.4. The Kier molecular flexibility index (Phi) is 7.76. The SMILES string of the molecule is CC[C@H]1[C@@H](O)[C@@H]2[C@H](CC[C@]3(C)[C@@H]([C@H](C)CCCc4ccc(F)cc4C(=O)O)CC[C@@H]23)[C@@]2(C)CC[C@@H](O)C[C@@H]12. The fourth-order valence-corrected chi connectivity index (χ4v) is 10.7. The van der Waals surface area contributed by atoms with Gasteiger partial charge in [0, 0.05) is 0 Å². The van der Waals surface area contributed by atoms with Crippen molar-refractivity contribution in [2.75, 3.05) is 0 Å². The van der Waals surface area contributed by atoms with Gasteiger partial charge in [-0.25, -0.2) is 9.18 Å². The molecule has 4 aliphatic carbocycles. The summed E-state index contributed by atoms with van der Waals surface area (Å²) in [7, 11) is 0. The maximum atomic E-state index is 13.6. The molecule has 1 aromatic rings. The van der Waals surface area contributed by atoms with Gasteiger partial charge in [-0.05, 0) is 128 Å². The van der Waals surface area contributed by atoms with Crippen molar-refractivity contribution in [2.45, 2.75) is 111 Å². The summed E-state index contributed by atoms with van der Waals surface area (Å²) in [5, 5.41) is 31.9. The van der Waals surface area contributed by atoms with Crippen molar-refractivity contribution in [2.24, 2.45) is 52.3 Å². The number of aliphatic hydroxyl groups is 2. The predicted molar refractivity (Wildman–Crippen MR) is 147 cm³/mol. The monoisotopic (exact) mass is 528 g/mol. The molecule has 212 valence electrons. The van der Waals surface area contributed by atoms with Crippen molar-refractivity contribution < 1.29 is 24.5 Å². The largest absolute Gasteiger partial charge is 0.478 e. The van der Waals surface area contributed by atoms with Crippen molar-refractivity contribution >= 4 is 5.97 Å². The van der Waals surface area contributed by atoms with Crippen molar-refractivity contribution in [1.82, 2.24) is 0 Å². The summed E-state index contributed by atoms with van der Waals surface area (Å²) in [6, 6.07) is 4.13. The molecule has 0 saturated heterocycles. The number of halogens is 1. The molecule has 11 atom stereocenters. The van der Waals surface area contributed by atoms with Crippen molar-refractivity contribution in [3.8, 4) is 0 Å². The smallest absolute Gasteiger partial charge is 0.336 e. The summed E-state index contributed by atoms with van der Waals surface area (Å²) in [5.41, 5.74) is 1.27. The van der Waals surface area contributed by atoms with Crippen LogP contribution in [0.15, 0.2) is 18.2 Å². The zero-order valence-corrected chi connectivity index (χ0v) is 23.8. The minimum absolute atomic E-state index is 0.0858. The molecule has 5 rings (SSSR count). The van der Waals surface area contributed by atoms with Crippen LogP contribution in [-0.2, 0) is 6.42 Å². The van der Waals surface area contributed by atoms with Crippen LogP contribution in [0.4, 0.5) is 4.39 Å². The minimum Gasteiger partial charge on any atom is -0.478 e. The van der Waals surface area contributed by atoms with Gasteiger partial charge >= 0.3 is 5.97 Å². The summed E-state index contributed by atoms with van der Waals surface area (Å²) < 4.78 is 13.6. The van der Waals surface area contributed by atoms with Crippen LogP contribution in [0, 0.1) is 58.1 Å². The van der Waals surface area contributed by atoms with E-state index in [9.17, 15) is 24.5 Å². The van der Waals surface area contributed by atoms with Crippen LogP contribution >= 0.6 is 0 Å². The van der Waals surface area contributed by atoms with Crippen LogP contribution in [0.1, 0.15) is 108 Å². The molecule has 0 unspecified atom stereocenters. The number of fused-ring (bicyclic) bond motifs is 5. The molecule has 0 radical (unpaired) electrons. The van der Waals surface area contributed by atoms with E-state index < -0.39 is 11.8 Å². The van der Waals surface area contributed by atoms with Crippen LogP contribution in [0.2, 0.25) is 0 Å². The Morgan fingerprint density at radius 1 is 1.05 bits per heavy atom. The molecule has 0 amide bonds. The highest BCUT2D eigenvalue weighted by molar-refractivity contribution is 5.89. The van der Waals surface area contributed by atoms with Gasteiger partial charge in [-0.2, -0.15) is 0 Å². The van der Waals surface area contributed by atoms with E-state index >= 15 is 0 Å². The molecule has 3 N–H and O–H groups in total. The number of aliphatic hydroxyl groups excluding tert-OH is 2. The summed E-state index contributed by atoms with van der Waals surface area (Å²) in [4.78, 5) is 11.6. The third-order valence-electron chi connectivity index (χ3n) is 12.6. The second-order valence-electron chi connectivity index (χ2n) is 14.1. The summed E-state index contributed by atoms with van der Waals surface area (Å²) in [6.45, 7) is 9.61. The van der Waals surface area contributed by atoms with Crippen LogP contribution in [0.3, 0.4) is 0 Å². The highest BCUT2D eigenvalue weighted by Crippen LogP contribution is 2.69. The lowest BCUT2D eigenvalue weighted by Gasteiger charge is -2.64. The number of carboxylic acid groups (broad SMARTS) is 1. The fraction of sp³-hybridized carbons (Fsp3) is 0.788. The van der Waals surface area contributed by atoms with E-state index in [2.05, 4.69) is 27.7 Å². The first kappa shape index (κ1) is 28.1. The molecule has 0 spiro atoms. The molecule has 5 heteroatoms. The molecular weight excluding hydrogens is 479 g/mol. The van der Waals surface area contributed by atoms with E-state index in [0.717, 1.165) is 50.2 Å². The summed E-state index contributed by atoms with van der Waals surface area (Å²) >= 11 is 0. The van der Waals surface area contributed by atoms with Crippen LogP contribution in [0.25, 0.3) is 0 Å². The van der Waals surface area contributed by atoms with E-state index in [1.807, 2.05) is 0 Å². The van der Waals surface area contributed by atoms with Gasteiger partial charge in [0.05, 0.1) is 17.8 Å². The Labute approximate surface area is 228 Å². The van der Waals surface area contributed by atoms with E-state index in [1.54, 1.807) is 6.07 Å². The standard InChI is InChI=1S/C33H49FO4/c1-5-23-28-18-22(35)13-15-33(28,4)27-14-16-32(3)25(11-12-26(32)29(27)30(23)36)19(2)7-6-8-20-9-10-21(34)17-24(20)31(37)38/h9-10,17,19,22-23,25-30,35-36H,5-8,11-16,18H2,1-4H3,(H,37,38)/t19-,22-,23-,25-,26+,27+,28+,29+,30-,32-,33-/m1/s1. The Morgan fingerprint density at radius 3 is 2.47 bits per heavy atom. The van der Waals surface area contributed by atoms with Crippen LogP contribution < -0.4 is 0 Å². The highest BCUT2D eigenvalue weighted by atomic mass is 19.1. The third-order valence-corrected chi connectivity index (χ3v) is 12.6. The molecule has 4 saturated carbocycles. The lowest BCUT2D eigenvalue weighted by atomic mass is 9.41. The quantitative estimate of drug-likeness (QED) is 0.352. The van der Waals surface area contributed by atoms with Crippen LogP contribution in [-0.4, -0.2) is 33.5 Å². The van der Waals surface area contributed by atoms with Gasteiger partial charge in [-0.1, -0.05) is 46.6 Å². The summed E-state index contributed by atoms with van der Waals surface area (Å²) in [6.07, 6.45) is 10.8. The molecule has 0 heterocycles. The normalized spacial score (nSPS) is 43.1. The second-order valence-corrected chi connectivity index (χ2v) is 14.1. The number of aromatic carboxylic acids is 1. The number of aryl methyl sites for hydroxylation is 1. The number of rotatable bonds is 7. The van der Waals surface area contributed by atoms with Gasteiger partial charge in [0.1, 0.15) is 5.82 Å². The van der Waals surface area contributed by atoms with Crippen molar-refractivity contribution in [1.29, 1.82) is 0 Å². The van der Waals surface area contributed by atoms with Gasteiger partial charge in [0.2, 0.25) is 0 Å². The Bertz CT molecular complexity index is 1030. The Balaban J connectivity index is 1.30. The zero-order valence-electron chi connectivity index (χ0n) is 23.8. The maximum Gasteiger partial charge on any atom is 0.336 e. The molecule has 0 bridgehead atoms. The van der Waals surface area contributed by atoms with Gasteiger partial charge in [0.25, 0.3) is 0 Å². The molecule has 4 aliphatic rings. The van der Waals surface area contributed by atoms with Crippen LogP contribution in [0.5, 0.6) is 0 Å². The zero-order chi connectivity index (χ0) is 27.4. The predicted octanol–water partition coefficient (Wildman–Crippen LogP) is 7.11. The molecule has 1 aromatic carbocycles. The number of benzene rings is 1.